The van der Waals surface area contributed by atoms with Crippen LogP contribution in [0.5, 0.6) is 5.75 Å². The van der Waals surface area contributed by atoms with Gasteiger partial charge in [-0.15, -0.1) is 0 Å². The molecular weight excluding hydrogens is 186 g/mol. The third kappa shape index (κ3) is 2.15. The highest BCUT2D eigenvalue weighted by Gasteiger charge is 2.25. The maximum absolute atomic E-state index is 9.85. The summed E-state index contributed by atoms with van der Waals surface area (Å²) in [6.45, 7) is 2.05. The summed E-state index contributed by atoms with van der Waals surface area (Å²) < 4.78 is 0. The van der Waals surface area contributed by atoms with Crippen LogP contribution in [0.3, 0.4) is 0 Å². The quantitative estimate of drug-likeness (QED) is 0.740. The number of rotatable bonds is 1. The highest BCUT2D eigenvalue weighted by Crippen LogP contribution is 2.36. The van der Waals surface area contributed by atoms with Gasteiger partial charge < -0.3 is 10.8 Å². The van der Waals surface area contributed by atoms with Crippen molar-refractivity contribution in [3.63, 3.8) is 0 Å². The number of nitrogens with two attached hydrogens (primary N) is 1. The molecular formula is C13H19NO. The van der Waals surface area contributed by atoms with Crippen molar-refractivity contribution in [2.24, 2.45) is 5.73 Å². The van der Waals surface area contributed by atoms with Crippen LogP contribution in [0.1, 0.15) is 42.7 Å². The van der Waals surface area contributed by atoms with Crippen LogP contribution < -0.4 is 5.73 Å². The first-order chi connectivity index (χ1) is 7.18. The molecule has 2 heteroatoms. The van der Waals surface area contributed by atoms with E-state index in [0.717, 1.165) is 18.4 Å². The van der Waals surface area contributed by atoms with Gasteiger partial charge in [-0.3, -0.25) is 0 Å². The monoisotopic (exact) mass is 205 g/mol. The standard InChI is InChI=1S/C13H19NO/c1-9-6-7-13(15)11(8-9)10-4-2-3-5-12(10)14/h6-8,10,12,15H,2-5,14H2,1H3. The summed E-state index contributed by atoms with van der Waals surface area (Å²) in [6, 6.07) is 6.01. The van der Waals surface area contributed by atoms with E-state index in [1.165, 1.54) is 18.4 Å². The van der Waals surface area contributed by atoms with Crippen LogP contribution >= 0.6 is 0 Å². The summed E-state index contributed by atoms with van der Waals surface area (Å²) in [5.41, 5.74) is 8.36. The van der Waals surface area contributed by atoms with E-state index in [1.807, 2.05) is 6.07 Å². The number of hydrogen-bond acceptors (Lipinski definition) is 2. The molecule has 0 saturated heterocycles. The first kappa shape index (κ1) is 10.5. The summed E-state index contributed by atoms with van der Waals surface area (Å²) in [5.74, 6) is 0.751. The molecule has 1 aliphatic rings. The predicted octanol–water partition coefficient (Wildman–Crippen LogP) is 2.69. The molecule has 0 spiro atoms. The van der Waals surface area contributed by atoms with Crippen molar-refractivity contribution >= 4 is 0 Å². The number of phenolic OH excluding ortho intramolecular Hbond substituents is 1. The normalized spacial score (nSPS) is 26.5. The van der Waals surface area contributed by atoms with Crippen molar-refractivity contribution in [1.82, 2.24) is 0 Å². The molecule has 0 heterocycles. The lowest BCUT2D eigenvalue weighted by Gasteiger charge is -2.29. The molecule has 2 atom stereocenters. The summed E-state index contributed by atoms with van der Waals surface area (Å²) in [4.78, 5) is 0. The highest BCUT2D eigenvalue weighted by molar-refractivity contribution is 5.39. The number of aryl methyl sites for hydroxylation is 1. The first-order valence-electron chi connectivity index (χ1n) is 5.73. The zero-order valence-corrected chi connectivity index (χ0v) is 9.24. The zero-order valence-electron chi connectivity index (χ0n) is 9.24. The number of aromatic hydroxyl groups is 1. The van der Waals surface area contributed by atoms with Crippen LogP contribution in [0.2, 0.25) is 0 Å². The highest BCUT2D eigenvalue weighted by atomic mass is 16.3. The maximum atomic E-state index is 9.85. The molecule has 15 heavy (non-hydrogen) atoms. The molecule has 82 valence electrons. The minimum absolute atomic E-state index is 0.214. The summed E-state index contributed by atoms with van der Waals surface area (Å²) in [6.07, 6.45) is 4.65. The molecule has 2 unspecified atom stereocenters. The lowest BCUT2D eigenvalue weighted by molar-refractivity contribution is 0.371. The van der Waals surface area contributed by atoms with Crippen LogP contribution in [-0.2, 0) is 0 Å². The second-order valence-corrected chi connectivity index (χ2v) is 4.62. The van der Waals surface area contributed by atoms with Gasteiger partial charge in [-0.05, 0) is 31.4 Å². The lowest BCUT2D eigenvalue weighted by atomic mass is 9.80. The van der Waals surface area contributed by atoms with Gasteiger partial charge in [0.25, 0.3) is 0 Å². The smallest absolute Gasteiger partial charge is 0.119 e. The molecule has 1 saturated carbocycles. The van der Waals surface area contributed by atoms with E-state index in [-0.39, 0.29) is 6.04 Å². The van der Waals surface area contributed by atoms with Gasteiger partial charge in [-0.2, -0.15) is 0 Å². The number of hydrogen-bond donors (Lipinski definition) is 2. The number of phenols is 1. The Morgan fingerprint density at radius 2 is 2.00 bits per heavy atom. The van der Waals surface area contributed by atoms with E-state index in [1.54, 1.807) is 6.07 Å². The van der Waals surface area contributed by atoms with Gasteiger partial charge in [0.2, 0.25) is 0 Å². The van der Waals surface area contributed by atoms with E-state index >= 15 is 0 Å². The topological polar surface area (TPSA) is 46.2 Å². The predicted molar refractivity (Wildman–Crippen MR) is 62.0 cm³/mol. The fourth-order valence-electron chi connectivity index (χ4n) is 2.52. The van der Waals surface area contributed by atoms with Crippen LogP contribution in [0.4, 0.5) is 0 Å². The van der Waals surface area contributed by atoms with Gasteiger partial charge in [-0.25, -0.2) is 0 Å². The molecule has 0 bridgehead atoms. The van der Waals surface area contributed by atoms with Gasteiger partial charge in [0, 0.05) is 12.0 Å². The third-order valence-corrected chi connectivity index (χ3v) is 3.40. The molecule has 1 aliphatic carbocycles. The number of benzene rings is 1. The van der Waals surface area contributed by atoms with Crippen molar-refractivity contribution in [2.75, 3.05) is 0 Å². The van der Waals surface area contributed by atoms with E-state index in [2.05, 4.69) is 13.0 Å². The molecule has 2 nitrogen and oxygen atoms in total. The summed E-state index contributed by atoms with van der Waals surface area (Å²) in [7, 11) is 0. The van der Waals surface area contributed by atoms with Crippen molar-refractivity contribution in [3.05, 3.63) is 29.3 Å². The van der Waals surface area contributed by atoms with Crippen LogP contribution in [-0.4, -0.2) is 11.1 Å². The van der Waals surface area contributed by atoms with Crippen molar-refractivity contribution in [3.8, 4) is 5.75 Å². The molecule has 1 aromatic carbocycles. The van der Waals surface area contributed by atoms with Crippen LogP contribution in [0.15, 0.2) is 18.2 Å². The Labute approximate surface area is 91.1 Å². The van der Waals surface area contributed by atoms with Gasteiger partial charge in [-0.1, -0.05) is 30.5 Å². The maximum Gasteiger partial charge on any atom is 0.119 e. The summed E-state index contributed by atoms with van der Waals surface area (Å²) in [5, 5.41) is 9.85. The van der Waals surface area contributed by atoms with Gasteiger partial charge in [0.05, 0.1) is 0 Å². The summed E-state index contributed by atoms with van der Waals surface area (Å²) >= 11 is 0. The molecule has 0 aromatic heterocycles. The van der Waals surface area contributed by atoms with Crippen LogP contribution in [0, 0.1) is 6.92 Å². The fraction of sp³-hybridized carbons (Fsp3) is 0.538. The average molecular weight is 205 g/mol. The molecule has 3 N–H and O–H groups in total. The Kier molecular flexibility index (Phi) is 2.96. The third-order valence-electron chi connectivity index (χ3n) is 3.40. The molecule has 0 amide bonds. The molecule has 1 fully saturated rings. The Bertz CT molecular complexity index is 348. The van der Waals surface area contributed by atoms with Crippen molar-refractivity contribution in [1.29, 1.82) is 0 Å². The molecule has 0 radical (unpaired) electrons. The first-order valence-corrected chi connectivity index (χ1v) is 5.73. The lowest BCUT2D eigenvalue weighted by Crippen LogP contribution is -2.31. The SMILES string of the molecule is Cc1ccc(O)c(C2CCCCC2N)c1. The Morgan fingerprint density at radius 1 is 1.27 bits per heavy atom. The van der Waals surface area contributed by atoms with Crippen LogP contribution in [0.25, 0.3) is 0 Å². The molecule has 1 aromatic rings. The second kappa shape index (κ2) is 4.23. The Balaban J connectivity index is 2.30. The van der Waals surface area contributed by atoms with E-state index < -0.39 is 0 Å². The van der Waals surface area contributed by atoms with E-state index in [9.17, 15) is 5.11 Å². The van der Waals surface area contributed by atoms with Crippen molar-refractivity contribution < 1.29 is 5.11 Å². The second-order valence-electron chi connectivity index (χ2n) is 4.62. The van der Waals surface area contributed by atoms with Gasteiger partial charge in [0.15, 0.2) is 0 Å². The minimum Gasteiger partial charge on any atom is -0.508 e. The minimum atomic E-state index is 0.214. The largest absolute Gasteiger partial charge is 0.508 e. The zero-order chi connectivity index (χ0) is 10.8. The average Bonchev–Trinajstić information content (AvgIpc) is 2.23. The van der Waals surface area contributed by atoms with Crippen molar-refractivity contribution in [2.45, 2.75) is 44.6 Å². The van der Waals surface area contributed by atoms with E-state index in [0.29, 0.717) is 11.7 Å². The Hall–Kier alpha value is -1.02. The molecule has 0 aliphatic heterocycles. The fourth-order valence-corrected chi connectivity index (χ4v) is 2.52. The molecule has 2 rings (SSSR count). The van der Waals surface area contributed by atoms with Gasteiger partial charge >= 0.3 is 0 Å². The Morgan fingerprint density at radius 3 is 2.73 bits per heavy atom. The van der Waals surface area contributed by atoms with Gasteiger partial charge in [0.1, 0.15) is 5.75 Å². The van der Waals surface area contributed by atoms with E-state index in [4.69, 9.17) is 5.73 Å².